The zero-order valence-corrected chi connectivity index (χ0v) is 11.0. The molecule has 19 heavy (non-hydrogen) atoms. The van der Waals surface area contributed by atoms with Crippen molar-refractivity contribution < 1.29 is 14.7 Å². The van der Waals surface area contributed by atoms with Gasteiger partial charge in [0, 0.05) is 12.0 Å². The highest BCUT2D eigenvalue weighted by atomic mass is 16.4. The Kier molecular flexibility index (Phi) is 2.45. The minimum Gasteiger partial charge on any atom is -0.481 e. The number of rotatable bonds is 3. The van der Waals surface area contributed by atoms with Crippen molar-refractivity contribution >= 4 is 11.9 Å². The maximum Gasteiger partial charge on any atom is 0.308 e. The van der Waals surface area contributed by atoms with Crippen molar-refractivity contribution in [3.05, 3.63) is 0 Å². The number of nitrogens with one attached hydrogen (secondary N) is 1. The second kappa shape index (κ2) is 3.97. The summed E-state index contributed by atoms with van der Waals surface area (Å²) < 4.78 is 0. The van der Waals surface area contributed by atoms with Crippen molar-refractivity contribution in [1.82, 2.24) is 5.32 Å². The molecule has 0 heterocycles. The van der Waals surface area contributed by atoms with Crippen LogP contribution in [0.3, 0.4) is 0 Å². The lowest BCUT2D eigenvalue weighted by Gasteiger charge is -2.29. The molecule has 4 aliphatic carbocycles. The molecule has 0 aromatic rings. The molecular weight excluding hydrogens is 242 g/mol. The summed E-state index contributed by atoms with van der Waals surface area (Å²) in [5.41, 5.74) is 0. The van der Waals surface area contributed by atoms with Crippen LogP contribution in [-0.4, -0.2) is 23.0 Å². The fourth-order valence-corrected chi connectivity index (χ4v) is 5.33. The Hall–Kier alpha value is -1.06. The van der Waals surface area contributed by atoms with Gasteiger partial charge in [0.2, 0.25) is 5.91 Å². The predicted molar refractivity (Wildman–Crippen MR) is 68.2 cm³/mol. The van der Waals surface area contributed by atoms with Crippen LogP contribution in [0.25, 0.3) is 0 Å². The number of fused-ring (bicyclic) bond motifs is 3. The molecular formula is C15H21NO3. The van der Waals surface area contributed by atoms with E-state index in [9.17, 15) is 14.7 Å². The molecule has 4 aliphatic rings. The SMILES string of the molecule is O=C(NC1C2CCC(C2)C1C(=O)O)C1C2CCCC21. The van der Waals surface area contributed by atoms with Crippen LogP contribution in [0.4, 0.5) is 0 Å². The van der Waals surface area contributed by atoms with Crippen LogP contribution in [-0.2, 0) is 9.59 Å². The van der Waals surface area contributed by atoms with E-state index in [1.54, 1.807) is 0 Å². The van der Waals surface area contributed by atoms with E-state index in [4.69, 9.17) is 0 Å². The first-order valence-electron chi connectivity index (χ1n) is 7.70. The average Bonchev–Trinajstić information content (AvgIpc) is 2.84. The van der Waals surface area contributed by atoms with Gasteiger partial charge >= 0.3 is 5.97 Å². The van der Waals surface area contributed by atoms with E-state index in [0.717, 1.165) is 19.3 Å². The summed E-state index contributed by atoms with van der Waals surface area (Å²) in [4.78, 5) is 23.7. The van der Waals surface area contributed by atoms with Gasteiger partial charge in [0.25, 0.3) is 0 Å². The van der Waals surface area contributed by atoms with E-state index in [-0.39, 0.29) is 23.8 Å². The molecule has 2 bridgehead atoms. The van der Waals surface area contributed by atoms with Crippen LogP contribution in [0.2, 0.25) is 0 Å². The van der Waals surface area contributed by atoms with E-state index in [2.05, 4.69) is 5.32 Å². The third-order valence-electron chi connectivity index (χ3n) is 6.22. The Morgan fingerprint density at radius 3 is 2.32 bits per heavy atom. The topological polar surface area (TPSA) is 66.4 Å². The van der Waals surface area contributed by atoms with Gasteiger partial charge in [0.05, 0.1) is 5.92 Å². The summed E-state index contributed by atoms with van der Waals surface area (Å²) >= 11 is 0. The van der Waals surface area contributed by atoms with Crippen molar-refractivity contribution in [3.8, 4) is 0 Å². The van der Waals surface area contributed by atoms with Crippen molar-refractivity contribution in [1.29, 1.82) is 0 Å². The second-order valence-electron chi connectivity index (χ2n) is 7.02. The van der Waals surface area contributed by atoms with Gasteiger partial charge in [-0.05, 0) is 55.8 Å². The average molecular weight is 263 g/mol. The Balaban J connectivity index is 1.44. The largest absolute Gasteiger partial charge is 0.481 e. The number of aliphatic carboxylic acids is 1. The first-order valence-corrected chi connectivity index (χ1v) is 7.70. The van der Waals surface area contributed by atoms with Gasteiger partial charge < -0.3 is 10.4 Å². The summed E-state index contributed by atoms with van der Waals surface area (Å²) in [5.74, 6) is 1.25. The van der Waals surface area contributed by atoms with Crippen molar-refractivity contribution in [2.45, 2.75) is 44.6 Å². The number of carbonyl (C=O) groups excluding carboxylic acids is 1. The fraction of sp³-hybridized carbons (Fsp3) is 0.867. The lowest BCUT2D eigenvalue weighted by molar-refractivity contribution is -0.144. The number of carbonyl (C=O) groups is 2. The zero-order valence-electron chi connectivity index (χ0n) is 11.0. The van der Waals surface area contributed by atoms with Gasteiger partial charge in [0.15, 0.2) is 0 Å². The smallest absolute Gasteiger partial charge is 0.308 e. The molecule has 104 valence electrons. The molecule has 0 aliphatic heterocycles. The van der Waals surface area contributed by atoms with Crippen LogP contribution >= 0.6 is 0 Å². The molecule has 4 nitrogen and oxygen atoms in total. The first kappa shape index (κ1) is 11.7. The summed E-state index contributed by atoms with van der Waals surface area (Å²) in [6.07, 6.45) is 6.79. The normalized spacial score (nSPS) is 50.0. The summed E-state index contributed by atoms with van der Waals surface area (Å²) in [6.45, 7) is 0. The lowest BCUT2D eigenvalue weighted by Crippen LogP contribution is -2.47. The van der Waals surface area contributed by atoms with Gasteiger partial charge in [0.1, 0.15) is 0 Å². The summed E-state index contributed by atoms with van der Waals surface area (Å²) in [6, 6.07) is -0.0925. The van der Waals surface area contributed by atoms with Crippen LogP contribution in [0.1, 0.15) is 38.5 Å². The first-order chi connectivity index (χ1) is 9.16. The predicted octanol–water partition coefficient (Wildman–Crippen LogP) is 1.65. The van der Waals surface area contributed by atoms with E-state index in [1.807, 2.05) is 0 Å². The summed E-state index contributed by atoms with van der Waals surface area (Å²) in [5, 5.41) is 12.5. The standard InChI is InChI=1S/C15H21NO3/c17-14(12-9-2-1-3-10(9)12)16-13-8-5-4-7(6-8)11(13)15(18)19/h7-13H,1-6H2,(H,16,17)(H,18,19). The molecule has 2 N–H and O–H groups in total. The van der Waals surface area contributed by atoms with Gasteiger partial charge in [-0.2, -0.15) is 0 Å². The molecule has 4 heteroatoms. The number of carboxylic acids is 1. The van der Waals surface area contributed by atoms with E-state index < -0.39 is 5.97 Å². The van der Waals surface area contributed by atoms with Gasteiger partial charge in [-0.15, -0.1) is 0 Å². The van der Waals surface area contributed by atoms with Crippen LogP contribution in [0.5, 0.6) is 0 Å². The monoisotopic (exact) mass is 263 g/mol. The number of amides is 1. The van der Waals surface area contributed by atoms with Crippen molar-refractivity contribution in [2.75, 3.05) is 0 Å². The van der Waals surface area contributed by atoms with Crippen molar-refractivity contribution in [2.24, 2.45) is 35.5 Å². The van der Waals surface area contributed by atoms with Crippen molar-refractivity contribution in [3.63, 3.8) is 0 Å². The zero-order chi connectivity index (χ0) is 13.1. The number of carboxylic acid groups (broad SMARTS) is 1. The molecule has 6 unspecified atom stereocenters. The molecule has 4 rings (SSSR count). The third-order valence-corrected chi connectivity index (χ3v) is 6.22. The highest BCUT2D eigenvalue weighted by Gasteiger charge is 2.58. The Morgan fingerprint density at radius 2 is 1.63 bits per heavy atom. The summed E-state index contributed by atoms with van der Waals surface area (Å²) in [7, 11) is 0. The van der Waals surface area contributed by atoms with Crippen LogP contribution in [0, 0.1) is 35.5 Å². The van der Waals surface area contributed by atoms with E-state index in [1.165, 1.54) is 19.3 Å². The minimum atomic E-state index is -0.714. The maximum absolute atomic E-state index is 12.3. The Labute approximate surface area is 112 Å². The van der Waals surface area contributed by atoms with Gasteiger partial charge in [-0.25, -0.2) is 0 Å². The van der Waals surface area contributed by atoms with E-state index >= 15 is 0 Å². The van der Waals surface area contributed by atoms with Crippen LogP contribution < -0.4 is 5.32 Å². The molecule has 6 atom stereocenters. The van der Waals surface area contributed by atoms with Crippen LogP contribution in [0.15, 0.2) is 0 Å². The highest BCUT2D eigenvalue weighted by molar-refractivity contribution is 5.84. The molecule has 4 fully saturated rings. The number of hydrogen-bond acceptors (Lipinski definition) is 2. The molecule has 0 aromatic heterocycles. The minimum absolute atomic E-state index is 0.0925. The molecule has 0 spiro atoms. The lowest BCUT2D eigenvalue weighted by atomic mass is 9.84. The Morgan fingerprint density at radius 1 is 0.947 bits per heavy atom. The molecule has 4 saturated carbocycles. The second-order valence-corrected chi connectivity index (χ2v) is 7.02. The molecule has 0 saturated heterocycles. The van der Waals surface area contributed by atoms with Gasteiger partial charge in [-0.3, -0.25) is 9.59 Å². The Bertz CT molecular complexity index is 425. The number of hydrogen-bond donors (Lipinski definition) is 2. The maximum atomic E-state index is 12.3. The molecule has 1 amide bonds. The fourth-order valence-electron chi connectivity index (χ4n) is 5.33. The molecule has 0 aromatic carbocycles. The molecule has 0 radical (unpaired) electrons. The van der Waals surface area contributed by atoms with Gasteiger partial charge in [-0.1, -0.05) is 6.42 Å². The third kappa shape index (κ3) is 1.65. The van der Waals surface area contributed by atoms with E-state index in [0.29, 0.717) is 23.7 Å². The quantitative estimate of drug-likeness (QED) is 0.813. The highest BCUT2D eigenvalue weighted by Crippen LogP contribution is 2.58.